The van der Waals surface area contributed by atoms with Gasteiger partial charge < -0.3 is 46.6 Å². The smallest absolute Gasteiger partial charge is 0.408 e. The SMILES string of the molecule is CC(C)(C)OC(=O)N[C@H](CC1CCCCC1)C(=O)N1C[C@@H](n2nncc2C(C)(C)O)C[C@H]1C(=O)NC(CCCCNC(=O)O)C(O)C(N)=O. The van der Waals surface area contributed by atoms with Crippen LogP contribution in [0.1, 0.15) is 111 Å². The van der Waals surface area contributed by atoms with Crippen molar-refractivity contribution < 1.29 is 44.0 Å². The Labute approximate surface area is 286 Å². The molecule has 1 saturated heterocycles. The number of hydrogen-bond acceptors (Lipinski definition) is 10. The molecule has 17 nitrogen and oxygen atoms in total. The van der Waals surface area contributed by atoms with Gasteiger partial charge in [-0.1, -0.05) is 37.3 Å². The van der Waals surface area contributed by atoms with Crippen molar-refractivity contribution in [3.05, 3.63) is 11.9 Å². The summed E-state index contributed by atoms with van der Waals surface area (Å²) in [4.78, 5) is 65.6. The monoisotopic (exact) mass is 694 g/mol. The van der Waals surface area contributed by atoms with Crippen LogP contribution in [0.25, 0.3) is 0 Å². The Hall–Kier alpha value is -3.99. The van der Waals surface area contributed by atoms with Crippen molar-refractivity contribution in [1.29, 1.82) is 0 Å². The minimum Gasteiger partial charge on any atom is -0.465 e. The Balaban J connectivity index is 1.93. The number of amides is 5. The maximum absolute atomic E-state index is 14.5. The first-order chi connectivity index (χ1) is 22.9. The van der Waals surface area contributed by atoms with Gasteiger partial charge in [0.15, 0.2) is 6.10 Å². The topological polar surface area (TPSA) is 251 Å². The largest absolute Gasteiger partial charge is 0.465 e. The van der Waals surface area contributed by atoms with E-state index in [-0.39, 0.29) is 31.8 Å². The molecule has 1 saturated carbocycles. The maximum Gasteiger partial charge on any atom is 0.408 e. The fourth-order valence-corrected chi connectivity index (χ4v) is 6.53. The number of unbranched alkanes of at least 4 members (excludes halogenated alkanes) is 1. The van der Waals surface area contributed by atoms with Gasteiger partial charge >= 0.3 is 12.2 Å². The van der Waals surface area contributed by atoms with E-state index in [4.69, 9.17) is 15.6 Å². The van der Waals surface area contributed by atoms with Gasteiger partial charge in [0.1, 0.15) is 23.3 Å². The van der Waals surface area contributed by atoms with E-state index in [1.807, 2.05) is 0 Å². The van der Waals surface area contributed by atoms with Crippen LogP contribution in [0.15, 0.2) is 6.20 Å². The minimum absolute atomic E-state index is 0.00950. The summed E-state index contributed by atoms with van der Waals surface area (Å²) in [6.07, 6.45) is 3.82. The number of hydrogen-bond donors (Lipinski definition) is 7. The molecule has 2 fully saturated rings. The van der Waals surface area contributed by atoms with E-state index >= 15 is 0 Å². The number of carbonyl (C=O) groups excluding carboxylic acids is 4. The molecular weight excluding hydrogens is 640 g/mol. The Morgan fingerprint density at radius 1 is 1.06 bits per heavy atom. The number of primary amides is 1. The number of ether oxygens (including phenoxy) is 1. The van der Waals surface area contributed by atoms with E-state index in [0.717, 1.165) is 32.1 Å². The number of aliphatic hydroxyl groups is 2. The van der Waals surface area contributed by atoms with Crippen LogP contribution in [0.4, 0.5) is 9.59 Å². The lowest BCUT2D eigenvalue weighted by Gasteiger charge is -2.33. The number of likely N-dealkylation sites (tertiary alicyclic amines) is 1. The van der Waals surface area contributed by atoms with Gasteiger partial charge in [0, 0.05) is 19.5 Å². The highest BCUT2D eigenvalue weighted by molar-refractivity contribution is 5.92. The van der Waals surface area contributed by atoms with E-state index in [9.17, 15) is 34.2 Å². The van der Waals surface area contributed by atoms with E-state index in [2.05, 4.69) is 26.3 Å². The molecule has 2 aliphatic rings. The van der Waals surface area contributed by atoms with Crippen LogP contribution in [0.2, 0.25) is 0 Å². The number of nitrogens with one attached hydrogen (secondary N) is 3. The molecule has 1 aromatic heterocycles. The Bertz CT molecular complexity index is 1300. The highest BCUT2D eigenvalue weighted by Crippen LogP contribution is 2.33. The van der Waals surface area contributed by atoms with E-state index in [1.165, 1.54) is 15.8 Å². The van der Waals surface area contributed by atoms with Gasteiger partial charge in [-0.3, -0.25) is 14.4 Å². The third-order valence-electron chi connectivity index (χ3n) is 8.91. The first kappa shape index (κ1) is 39.4. The number of rotatable bonds is 15. The molecule has 0 aromatic carbocycles. The van der Waals surface area contributed by atoms with Crippen molar-refractivity contribution in [1.82, 2.24) is 35.8 Å². The zero-order valence-corrected chi connectivity index (χ0v) is 29.2. The van der Waals surface area contributed by atoms with Gasteiger partial charge in [0.25, 0.3) is 0 Å². The summed E-state index contributed by atoms with van der Waals surface area (Å²) in [6.45, 7) is 8.40. The second-order valence-electron chi connectivity index (χ2n) is 14.6. The van der Waals surface area contributed by atoms with Crippen LogP contribution in [0.3, 0.4) is 0 Å². The fourth-order valence-electron chi connectivity index (χ4n) is 6.53. The molecule has 8 N–H and O–H groups in total. The quantitative estimate of drug-likeness (QED) is 0.129. The van der Waals surface area contributed by atoms with Crippen molar-refractivity contribution in [2.75, 3.05) is 13.1 Å². The summed E-state index contributed by atoms with van der Waals surface area (Å²) in [5, 5.41) is 46.0. The number of carboxylic acid groups (broad SMARTS) is 1. The number of carbonyl (C=O) groups is 5. The minimum atomic E-state index is -1.75. The molecule has 0 radical (unpaired) electrons. The highest BCUT2D eigenvalue weighted by atomic mass is 16.6. The number of nitrogens with two attached hydrogens (primary N) is 1. The molecule has 2 heterocycles. The van der Waals surface area contributed by atoms with Crippen LogP contribution >= 0.6 is 0 Å². The average molecular weight is 695 g/mol. The second-order valence-corrected chi connectivity index (χ2v) is 14.6. The van der Waals surface area contributed by atoms with Crippen LogP contribution in [-0.4, -0.2) is 108 Å². The molecule has 1 aliphatic carbocycles. The third-order valence-corrected chi connectivity index (χ3v) is 8.91. The van der Waals surface area contributed by atoms with E-state index < -0.39 is 71.4 Å². The van der Waals surface area contributed by atoms with Gasteiger partial charge in [-0.05, 0) is 66.2 Å². The molecule has 3 rings (SSSR count). The predicted molar refractivity (Wildman–Crippen MR) is 176 cm³/mol. The zero-order chi connectivity index (χ0) is 36.5. The van der Waals surface area contributed by atoms with Crippen LogP contribution in [0, 0.1) is 5.92 Å². The predicted octanol–water partition coefficient (Wildman–Crippen LogP) is 1.28. The lowest BCUT2D eigenvalue weighted by atomic mass is 9.84. The van der Waals surface area contributed by atoms with Crippen molar-refractivity contribution in [3.63, 3.8) is 0 Å². The Morgan fingerprint density at radius 2 is 1.73 bits per heavy atom. The Kier molecular flexibility index (Phi) is 13.8. The molecule has 0 bridgehead atoms. The summed E-state index contributed by atoms with van der Waals surface area (Å²) in [5.74, 6) is -2.05. The van der Waals surface area contributed by atoms with E-state index in [0.29, 0.717) is 25.0 Å². The standard InChI is InChI=1S/C32H54N8O9/c1-31(2,3)49-30(47)37-22(15-19-11-7-6-8-12-19)28(44)39-18-20(40-24(17-35-38-40)32(4,5)48)16-23(39)27(43)36-21(25(41)26(33)42)13-9-10-14-34-29(45)46/h17,19-23,25,34,41,48H,6-16,18H2,1-5H3,(H2,33,42)(H,36,43)(H,37,47)(H,45,46)/t20-,21?,22+,23-,25?/m0/s1. The van der Waals surface area contributed by atoms with Crippen LogP contribution < -0.4 is 21.7 Å². The summed E-state index contributed by atoms with van der Waals surface area (Å²) in [6, 6.07) is -3.85. The summed E-state index contributed by atoms with van der Waals surface area (Å²) < 4.78 is 6.97. The lowest BCUT2D eigenvalue weighted by Crippen LogP contribution is -2.57. The zero-order valence-electron chi connectivity index (χ0n) is 29.2. The summed E-state index contributed by atoms with van der Waals surface area (Å²) in [5.41, 5.74) is 3.60. The molecule has 5 atom stereocenters. The van der Waals surface area contributed by atoms with Crippen LogP contribution in [-0.2, 0) is 24.7 Å². The fraction of sp³-hybridized carbons (Fsp3) is 0.781. The van der Waals surface area contributed by atoms with Gasteiger partial charge in [-0.25, -0.2) is 14.3 Å². The molecule has 0 spiro atoms. The van der Waals surface area contributed by atoms with Gasteiger partial charge in [-0.2, -0.15) is 0 Å². The first-order valence-corrected chi connectivity index (χ1v) is 17.0. The normalized spacial score (nSPS) is 20.6. The van der Waals surface area contributed by atoms with Crippen molar-refractivity contribution >= 4 is 29.9 Å². The van der Waals surface area contributed by atoms with Crippen molar-refractivity contribution in [2.45, 2.75) is 140 Å². The summed E-state index contributed by atoms with van der Waals surface area (Å²) >= 11 is 0. The second kappa shape index (κ2) is 17.1. The molecular formula is C32H54N8O9. The van der Waals surface area contributed by atoms with Gasteiger partial charge in [0.05, 0.1) is 24.0 Å². The highest BCUT2D eigenvalue weighted by Gasteiger charge is 2.45. The third kappa shape index (κ3) is 11.8. The number of nitrogens with zero attached hydrogens (tertiary/aromatic N) is 4. The van der Waals surface area contributed by atoms with Gasteiger partial charge in [0.2, 0.25) is 17.7 Å². The summed E-state index contributed by atoms with van der Waals surface area (Å²) in [7, 11) is 0. The molecule has 5 amide bonds. The van der Waals surface area contributed by atoms with Crippen molar-refractivity contribution in [2.24, 2.45) is 11.7 Å². The Morgan fingerprint density at radius 3 is 2.33 bits per heavy atom. The van der Waals surface area contributed by atoms with Crippen LogP contribution in [0.5, 0.6) is 0 Å². The molecule has 1 aromatic rings. The first-order valence-electron chi connectivity index (χ1n) is 17.0. The van der Waals surface area contributed by atoms with E-state index in [1.54, 1.807) is 34.6 Å². The maximum atomic E-state index is 14.5. The molecule has 17 heteroatoms. The number of aliphatic hydroxyl groups excluding tert-OH is 1. The molecule has 1 aliphatic heterocycles. The molecule has 49 heavy (non-hydrogen) atoms. The van der Waals surface area contributed by atoms with Crippen molar-refractivity contribution in [3.8, 4) is 0 Å². The van der Waals surface area contributed by atoms with Gasteiger partial charge in [-0.15, -0.1) is 5.10 Å². The lowest BCUT2D eigenvalue weighted by molar-refractivity contribution is -0.141. The average Bonchev–Trinajstić information content (AvgIpc) is 3.67. The number of aromatic nitrogens is 3. The number of alkyl carbamates (subject to hydrolysis) is 1. The molecule has 2 unspecified atom stereocenters. The molecule has 276 valence electrons.